The zero-order valence-electron chi connectivity index (χ0n) is 18.0. The number of hydrogen-bond acceptors (Lipinski definition) is 8. The number of fused-ring (bicyclic) bond motifs is 5. The van der Waals surface area contributed by atoms with E-state index >= 15 is 0 Å². The van der Waals surface area contributed by atoms with E-state index < -0.39 is 0 Å². The number of rotatable bonds is 4. The van der Waals surface area contributed by atoms with Crippen molar-refractivity contribution in [3.05, 3.63) is 47.4 Å². The highest BCUT2D eigenvalue weighted by Crippen LogP contribution is 2.48. The number of aromatic nitrogens is 4. The van der Waals surface area contributed by atoms with Crippen LogP contribution in [-0.4, -0.2) is 45.6 Å². The number of ether oxygens (including phenoxy) is 1. The molecule has 1 saturated carbocycles. The van der Waals surface area contributed by atoms with Crippen LogP contribution in [0.5, 0.6) is 11.8 Å². The Morgan fingerprint density at radius 1 is 1.19 bits per heavy atom. The standard InChI is InChI=1S/C23H24FN7O/c1-11-27-8-15(9-28-11)32-23-29-20-7-16-17(4-13(24)5-19(16)26-2)21(20)22(30-23)31-10-12-3-14(31)6-18(12)25/h4-5,8-9,12,14,18,26H,3,6-7,10,25H2,1-2H3/t12-,14?,18-/m1/s1. The van der Waals surface area contributed by atoms with E-state index in [1.165, 1.54) is 6.07 Å². The lowest BCUT2D eigenvalue weighted by Crippen LogP contribution is -2.41. The van der Waals surface area contributed by atoms with Gasteiger partial charge in [0.15, 0.2) is 5.75 Å². The van der Waals surface area contributed by atoms with Crippen molar-refractivity contribution in [1.82, 2.24) is 19.9 Å². The maximum absolute atomic E-state index is 14.5. The van der Waals surface area contributed by atoms with Crippen LogP contribution in [0.15, 0.2) is 24.5 Å². The van der Waals surface area contributed by atoms with Crippen molar-refractivity contribution >= 4 is 11.5 Å². The van der Waals surface area contributed by atoms with Gasteiger partial charge in [0.2, 0.25) is 0 Å². The number of hydrogen-bond donors (Lipinski definition) is 2. The van der Waals surface area contributed by atoms with Gasteiger partial charge in [-0.25, -0.2) is 14.4 Å². The smallest absolute Gasteiger partial charge is 0.324 e. The highest BCUT2D eigenvalue weighted by Gasteiger charge is 2.45. The fourth-order valence-electron chi connectivity index (χ4n) is 5.36. The minimum absolute atomic E-state index is 0.229. The summed E-state index contributed by atoms with van der Waals surface area (Å²) in [6.07, 6.45) is 5.79. The van der Waals surface area contributed by atoms with Crippen molar-refractivity contribution in [3.63, 3.8) is 0 Å². The van der Waals surface area contributed by atoms with Gasteiger partial charge in [-0.15, -0.1) is 0 Å². The van der Waals surface area contributed by atoms with Crippen LogP contribution in [0.3, 0.4) is 0 Å². The second-order valence-electron chi connectivity index (χ2n) is 8.83. The van der Waals surface area contributed by atoms with Gasteiger partial charge in [0.05, 0.1) is 18.1 Å². The first-order valence-corrected chi connectivity index (χ1v) is 10.9. The van der Waals surface area contributed by atoms with Gasteiger partial charge in [0.1, 0.15) is 17.5 Å². The van der Waals surface area contributed by atoms with Crippen LogP contribution in [0, 0.1) is 18.7 Å². The maximum atomic E-state index is 14.5. The van der Waals surface area contributed by atoms with E-state index in [-0.39, 0.29) is 17.9 Å². The molecule has 1 aromatic carbocycles. The van der Waals surface area contributed by atoms with Crippen LogP contribution < -0.4 is 20.7 Å². The van der Waals surface area contributed by atoms with Crippen LogP contribution in [0.4, 0.5) is 15.9 Å². The fourth-order valence-corrected chi connectivity index (χ4v) is 5.36. The summed E-state index contributed by atoms with van der Waals surface area (Å²) < 4.78 is 20.4. The number of nitrogens with zero attached hydrogens (tertiary/aromatic N) is 5. The average Bonchev–Trinajstić information content (AvgIpc) is 3.46. The molecule has 0 amide bonds. The fraction of sp³-hybridized carbons (Fsp3) is 0.391. The molecular formula is C23H24FN7O. The van der Waals surface area contributed by atoms with E-state index in [9.17, 15) is 4.39 Å². The molecule has 1 aliphatic heterocycles. The van der Waals surface area contributed by atoms with Gasteiger partial charge in [-0.05, 0) is 48.9 Å². The molecule has 2 aromatic heterocycles. The second kappa shape index (κ2) is 7.09. The number of anilines is 2. The molecule has 2 bridgehead atoms. The molecule has 3 aliphatic rings. The SMILES string of the molecule is CNc1cc(F)cc2c1Cc1nc(Oc3cnc(C)nc3)nc(N3C[C@H]4CC3C[C@H]4N)c1-2. The van der Waals surface area contributed by atoms with E-state index in [2.05, 4.69) is 20.2 Å². The van der Waals surface area contributed by atoms with Crippen molar-refractivity contribution in [2.75, 3.05) is 23.8 Å². The molecule has 0 spiro atoms. The first-order chi connectivity index (χ1) is 15.5. The number of nitrogens with two attached hydrogens (primary N) is 1. The summed E-state index contributed by atoms with van der Waals surface area (Å²) in [4.78, 5) is 20.2. The Hall–Kier alpha value is -3.33. The van der Waals surface area contributed by atoms with Crippen LogP contribution in [0.25, 0.3) is 11.1 Å². The van der Waals surface area contributed by atoms with Crippen molar-refractivity contribution < 1.29 is 9.13 Å². The monoisotopic (exact) mass is 433 g/mol. The summed E-state index contributed by atoms with van der Waals surface area (Å²) in [5.74, 6) is 2.10. The topological polar surface area (TPSA) is 102 Å². The lowest BCUT2D eigenvalue weighted by Gasteiger charge is -2.32. The summed E-state index contributed by atoms with van der Waals surface area (Å²) in [5, 5.41) is 3.12. The third kappa shape index (κ3) is 2.99. The van der Waals surface area contributed by atoms with Crippen LogP contribution in [0.1, 0.15) is 29.9 Å². The Kier molecular flexibility index (Phi) is 4.29. The molecule has 32 heavy (non-hydrogen) atoms. The maximum Gasteiger partial charge on any atom is 0.324 e. The predicted molar refractivity (Wildman–Crippen MR) is 118 cm³/mol. The summed E-state index contributed by atoms with van der Waals surface area (Å²) >= 11 is 0. The Morgan fingerprint density at radius 2 is 2.00 bits per heavy atom. The first-order valence-electron chi connectivity index (χ1n) is 10.9. The van der Waals surface area contributed by atoms with Gasteiger partial charge in [-0.3, -0.25) is 0 Å². The van der Waals surface area contributed by atoms with Crippen molar-refractivity contribution in [3.8, 4) is 22.9 Å². The lowest BCUT2D eigenvalue weighted by molar-refractivity contribution is 0.432. The van der Waals surface area contributed by atoms with E-state index in [0.717, 1.165) is 53.3 Å². The van der Waals surface area contributed by atoms with Gasteiger partial charge in [-0.2, -0.15) is 9.97 Å². The number of aryl methyl sites for hydroxylation is 1. The molecule has 6 rings (SSSR count). The Morgan fingerprint density at radius 3 is 2.69 bits per heavy atom. The van der Waals surface area contributed by atoms with Crippen LogP contribution in [-0.2, 0) is 6.42 Å². The molecule has 3 heterocycles. The molecule has 2 fully saturated rings. The Bertz CT molecular complexity index is 1210. The third-order valence-electron chi connectivity index (χ3n) is 6.88. The molecule has 3 aromatic rings. The Balaban J connectivity index is 1.48. The van der Waals surface area contributed by atoms with Crippen molar-refractivity contribution in [2.24, 2.45) is 11.7 Å². The summed E-state index contributed by atoms with van der Waals surface area (Å²) in [7, 11) is 1.80. The van der Waals surface area contributed by atoms with Gasteiger partial charge in [0.25, 0.3) is 0 Å². The van der Waals surface area contributed by atoms with E-state index in [0.29, 0.717) is 30.0 Å². The normalized spacial score (nSPS) is 22.8. The summed E-state index contributed by atoms with van der Waals surface area (Å²) in [6, 6.07) is 3.91. The lowest BCUT2D eigenvalue weighted by atomic mass is 10.0. The molecule has 3 atom stereocenters. The minimum Gasteiger partial charge on any atom is -0.421 e. The number of nitrogens with one attached hydrogen (secondary N) is 1. The molecule has 9 heteroatoms. The molecule has 164 valence electrons. The Labute approximate surface area is 185 Å². The van der Waals surface area contributed by atoms with Gasteiger partial charge in [0, 0.05) is 43.3 Å². The molecule has 1 saturated heterocycles. The number of benzene rings is 1. The zero-order chi connectivity index (χ0) is 22.0. The summed E-state index contributed by atoms with van der Waals surface area (Å²) in [6.45, 7) is 2.66. The van der Waals surface area contributed by atoms with E-state index in [1.54, 1.807) is 25.5 Å². The highest BCUT2D eigenvalue weighted by molar-refractivity contribution is 5.88. The second-order valence-corrected chi connectivity index (χ2v) is 8.83. The predicted octanol–water partition coefficient (Wildman–Crippen LogP) is 3.05. The van der Waals surface area contributed by atoms with Crippen LogP contribution in [0.2, 0.25) is 0 Å². The summed E-state index contributed by atoms with van der Waals surface area (Å²) in [5.41, 5.74) is 10.7. The van der Waals surface area contributed by atoms with Gasteiger partial charge in [-0.1, -0.05) is 0 Å². The van der Waals surface area contributed by atoms with Gasteiger partial charge >= 0.3 is 6.01 Å². The number of piperidine rings is 1. The average molecular weight is 433 g/mol. The van der Waals surface area contributed by atoms with Gasteiger partial charge < -0.3 is 20.7 Å². The largest absolute Gasteiger partial charge is 0.421 e. The van der Waals surface area contributed by atoms with Crippen LogP contribution >= 0.6 is 0 Å². The molecule has 0 radical (unpaired) electrons. The molecular weight excluding hydrogens is 409 g/mol. The van der Waals surface area contributed by atoms with Crippen molar-refractivity contribution in [2.45, 2.75) is 38.3 Å². The van der Waals surface area contributed by atoms with E-state index in [4.69, 9.17) is 20.4 Å². The third-order valence-corrected chi connectivity index (χ3v) is 6.88. The highest BCUT2D eigenvalue weighted by atomic mass is 19.1. The first kappa shape index (κ1) is 19.4. The van der Waals surface area contributed by atoms with Crippen molar-refractivity contribution in [1.29, 1.82) is 0 Å². The minimum atomic E-state index is -0.283. The molecule has 2 aliphatic carbocycles. The number of halogens is 1. The molecule has 1 unspecified atom stereocenters. The molecule has 3 N–H and O–H groups in total. The van der Waals surface area contributed by atoms with E-state index in [1.807, 2.05) is 6.92 Å². The zero-order valence-corrected chi connectivity index (χ0v) is 18.0. The quantitative estimate of drug-likeness (QED) is 0.506. The molecule has 8 nitrogen and oxygen atoms in total.